The number of carboxylic acids is 2. The van der Waals surface area contributed by atoms with Gasteiger partial charge in [-0.25, -0.2) is 4.79 Å². The molecule has 0 aliphatic carbocycles. The van der Waals surface area contributed by atoms with E-state index in [-0.39, 0.29) is 17.9 Å². The smallest absolute Gasteiger partial charge is 0.480 e. The first-order valence-electron chi connectivity index (χ1n) is 8.32. The topological polar surface area (TPSA) is 136 Å². The van der Waals surface area contributed by atoms with Crippen molar-refractivity contribution < 1.29 is 42.9 Å². The number of aliphatic hydroxyl groups is 1. The number of carbonyl (C=O) groups excluding carboxylic acids is 1. The number of carbonyl (C=O) groups is 3. The van der Waals surface area contributed by atoms with Crippen molar-refractivity contribution in [2.24, 2.45) is 5.92 Å². The van der Waals surface area contributed by atoms with Crippen LogP contribution in [0.1, 0.15) is 26.7 Å². The quantitative estimate of drug-likeness (QED) is 0.396. The Morgan fingerprint density at radius 2 is 1.86 bits per heavy atom. The predicted molar refractivity (Wildman–Crippen MR) is 93.4 cm³/mol. The summed E-state index contributed by atoms with van der Waals surface area (Å²) in [6.07, 6.45) is 0.201. The van der Waals surface area contributed by atoms with Gasteiger partial charge in [-0.2, -0.15) is 13.2 Å². The van der Waals surface area contributed by atoms with Crippen molar-refractivity contribution in [2.75, 3.05) is 0 Å². The minimum atomic E-state index is -5.08. The molecule has 1 heterocycles. The molecular formula is C17H25F3N2O6. The van der Waals surface area contributed by atoms with E-state index < -0.39 is 36.3 Å². The van der Waals surface area contributed by atoms with Gasteiger partial charge in [0, 0.05) is 13.0 Å². The van der Waals surface area contributed by atoms with Gasteiger partial charge in [-0.05, 0) is 25.7 Å². The van der Waals surface area contributed by atoms with Crippen LogP contribution in [0.3, 0.4) is 0 Å². The maximum atomic E-state index is 11.4. The number of rotatable bonds is 7. The Morgan fingerprint density at radius 3 is 2.21 bits per heavy atom. The molecule has 8 nitrogen and oxygen atoms in total. The van der Waals surface area contributed by atoms with E-state index in [1.807, 2.05) is 19.1 Å². The zero-order valence-electron chi connectivity index (χ0n) is 15.4. The number of aliphatic hydroxyl groups excluding tert-OH is 1. The second-order valence-electron chi connectivity index (χ2n) is 6.13. The van der Waals surface area contributed by atoms with Gasteiger partial charge in [0.15, 0.2) is 0 Å². The van der Waals surface area contributed by atoms with E-state index in [0.717, 1.165) is 0 Å². The third kappa shape index (κ3) is 8.53. The van der Waals surface area contributed by atoms with Crippen LogP contribution in [0.5, 0.6) is 0 Å². The summed E-state index contributed by atoms with van der Waals surface area (Å²) < 4.78 is 31.7. The van der Waals surface area contributed by atoms with Gasteiger partial charge in [0.25, 0.3) is 0 Å². The van der Waals surface area contributed by atoms with Gasteiger partial charge in [-0.15, -0.1) is 6.58 Å². The molecule has 1 aliphatic rings. The average molecular weight is 410 g/mol. The minimum Gasteiger partial charge on any atom is -0.480 e. The number of hydrogen-bond donors (Lipinski definition) is 5. The number of allylic oxidation sites excluding steroid dienone is 1. The Labute approximate surface area is 160 Å². The fourth-order valence-electron chi connectivity index (χ4n) is 2.81. The molecule has 0 aromatic carbocycles. The summed E-state index contributed by atoms with van der Waals surface area (Å²) in [4.78, 5) is 31.5. The first-order valence-corrected chi connectivity index (χ1v) is 8.32. The van der Waals surface area contributed by atoms with E-state index in [1.165, 1.54) is 6.92 Å². The van der Waals surface area contributed by atoms with E-state index in [4.69, 9.17) is 9.90 Å². The summed E-state index contributed by atoms with van der Waals surface area (Å²) in [5.41, 5.74) is 0. The summed E-state index contributed by atoms with van der Waals surface area (Å²) in [6, 6.07) is -1.57. The lowest BCUT2D eigenvalue weighted by Crippen LogP contribution is -2.56. The van der Waals surface area contributed by atoms with Crippen LogP contribution in [0.25, 0.3) is 0 Å². The molecule has 1 aliphatic heterocycles. The van der Waals surface area contributed by atoms with E-state index in [1.54, 1.807) is 6.08 Å². The van der Waals surface area contributed by atoms with Crippen LogP contribution < -0.4 is 10.6 Å². The fraction of sp³-hybridized carbons (Fsp3) is 0.588. The number of nitrogens with one attached hydrogen (secondary N) is 2. The van der Waals surface area contributed by atoms with Gasteiger partial charge in [-0.1, -0.05) is 18.2 Å². The van der Waals surface area contributed by atoms with Crippen molar-refractivity contribution in [1.29, 1.82) is 0 Å². The molecule has 160 valence electrons. The molecule has 0 spiro atoms. The Bertz CT molecular complexity index is 594. The number of amides is 1. The lowest BCUT2D eigenvalue weighted by Gasteiger charge is -2.31. The minimum absolute atomic E-state index is 0.0626. The second kappa shape index (κ2) is 11.4. The summed E-state index contributed by atoms with van der Waals surface area (Å²) in [7, 11) is 0. The maximum Gasteiger partial charge on any atom is 0.490 e. The lowest BCUT2D eigenvalue weighted by atomic mass is 9.89. The van der Waals surface area contributed by atoms with Crippen molar-refractivity contribution in [3.05, 3.63) is 24.8 Å². The van der Waals surface area contributed by atoms with Gasteiger partial charge >= 0.3 is 18.1 Å². The average Bonchev–Trinajstić information content (AvgIpc) is 2.96. The highest BCUT2D eigenvalue weighted by molar-refractivity contribution is 5.75. The summed E-state index contributed by atoms with van der Waals surface area (Å²) in [5, 5.41) is 32.3. The standard InChI is InChI=1S/C15H24N2O4.C2HF3O2/c1-4-6-10-8-11(15(20)21)17-13(10)14(16-9(3)18)12(19)7-5-2;3-2(4,5)1(6)7/h4-6,10-14,17,19H,2,7-8H2,1,3H3,(H,16,18)(H,20,21);(H,6,7)/b6-4-;/t10-,11-,12+,13-,14+;/m1./s1. The molecule has 1 saturated heterocycles. The zero-order chi connectivity index (χ0) is 22.1. The van der Waals surface area contributed by atoms with E-state index in [2.05, 4.69) is 17.2 Å². The van der Waals surface area contributed by atoms with Crippen LogP contribution in [0.15, 0.2) is 24.8 Å². The predicted octanol–water partition coefficient (Wildman–Crippen LogP) is 1.07. The third-order valence-corrected chi connectivity index (χ3v) is 3.92. The molecule has 0 unspecified atom stereocenters. The number of halogens is 3. The van der Waals surface area contributed by atoms with Gasteiger partial charge in [0.1, 0.15) is 6.04 Å². The van der Waals surface area contributed by atoms with E-state index in [0.29, 0.717) is 12.8 Å². The Morgan fingerprint density at radius 1 is 1.32 bits per heavy atom. The molecular weight excluding hydrogens is 385 g/mol. The highest BCUT2D eigenvalue weighted by Gasteiger charge is 2.42. The van der Waals surface area contributed by atoms with Gasteiger partial charge in [-0.3, -0.25) is 14.9 Å². The molecule has 11 heteroatoms. The Hall–Kier alpha value is -2.40. The largest absolute Gasteiger partial charge is 0.490 e. The van der Waals surface area contributed by atoms with Crippen LogP contribution in [0.4, 0.5) is 13.2 Å². The summed E-state index contributed by atoms with van der Waals surface area (Å²) in [5.74, 6) is -4.00. The SMILES string of the molecule is C=CC[C@H](O)[C@H](NC(C)=O)[C@@H]1N[C@@H](C(=O)O)C[C@H]1/C=C\C.O=C(O)C(F)(F)F. The molecule has 28 heavy (non-hydrogen) atoms. The zero-order valence-corrected chi connectivity index (χ0v) is 15.4. The van der Waals surface area contributed by atoms with Crippen LogP contribution >= 0.6 is 0 Å². The molecule has 1 rings (SSSR count). The molecule has 0 aromatic rings. The number of carboxylic acid groups (broad SMARTS) is 2. The fourth-order valence-corrected chi connectivity index (χ4v) is 2.81. The van der Waals surface area contributed by atoms with E-state index in [9.17, 15) is 33.0 Å². The highest BCUT2D eigenvalue weighted by Crippen LogP contribution is 2.26. The number of alkyl halides is 3. The third-order valence-electron chi connectivity index (χ3n) is 3.92. The molecule has 5 atom stereocenters. The van der Waals surface area contributed by atoms with Crippen molar-refractivity contribution in [3.8, 4) is 0 Å². The number of hydrogen-bond acceptors (Lipinski definition) is 5. The first-order chi connectivity index (χ1) is 12.8. The van der Waals surface area contributed by atoms with Gasteiger partial charge in [0.2, 0.25) is 5.91 Å². The van der Waals surface area contributed by atoms with Gasteiger partial charge < -0.3 is 20.6 Å². The van der Waals surface area contributed by atoms with Crippen LogP contribution in [0.2, 0.25) is 0 Å². The second-order valence-corrected chi connectivity index (χ2v) is 6.13. The molecule has 1 fully saturated rings. The lowest BCUT2D eigenvalue weighted by molar-refractivity contribution is -0.192. The van der Waals surface area contributed by atoms with Gasteiger partial charge in [0.05, 0.1) is 12.1 Å². The van der Waals surface area contributed by atoms with Crippen LogP contribution in [-0.4, -0.2) is 63.6 Å². The Balaban J connectivity index is 0.000000887. The first kappa shape index (κ1) is 25.6. The monoisotopic (exact) mass is 410 g/mol. The summed E-state index contributed by atoms with van der Waals surface area (Å²) in [6.45, 7) is 6.82. The summed E-state index contributed by atoms with van der Waals surface area (Å²) >= 11 is 0. The highest BCUT2D eigenvalue weighted by atomic mass is 19.4. The van der Waals surface area contributed by atoms with Crippen molar-refractivity contribution in [1.82, 2.24) is 10.6 Å². The molecule has 5 N–H and O–H groups in total. The Kier molecular flexibility index (Phi) is 10.5. The molecule has 0 bridgehead atoms. The number of aliphatic carboxylic acids is 2. The van der Waals surface area contributed by atoms with E-state index >= 15 is 0 Å². The van der Waals surface area contributed by atoms with Crippen molar-refractivity contribution in [3.63, 3.8) is 0 Å². The van der Waals surface area contributed by atoms with Crippen LogP contribution in [0, 0.1) is 5.92 Å². The van der Waals surface area contributed by atoms with Crippen LogP contribution in [-0.2, 0) is 14.4 Å². The molecule has 1 amide bonds. The maximum absolute atomic E-state index is 11.4. The normalized spacial score (nSPS) is 24.0. The molecule has 0 aromatic heterocycles. The molecule has 0 saturated carbocycles. The molecule has 0 radical (unpaired) electrons. The van der Waals surface area contributed by atoms with Crippen molar-refractivity contribution >= 4 is 17.8 Å². The van der Waals surface area contributed by atoms with Crippen molar-refractivity contribution in [2.45, 2.75) is 57.1 Å².